The molecule has 2 saturated heterocycles. The Morgan fingerprint density at radius 2 is 1.83 bits per heavy atom. The standard InChI is InChI=1S/C14H27IN4O5/c1-14(2,22-8-10-4-19(15)6-12(17)24-10)13(21)18-3-9(7-20)23-11(16)5-18/h9-12,20H,3-8,16-17H2,1-2H3. The van der Waals surface area contributed by atoms with Crippen molar-refractivity contribution in [3.8, 4) is 0 Å². The highest BCUT2D eigenvalue weighted by Crippen LogP contribution is 2.20. The third kappa shape index (κ3) is 5.46. The molecule has 4 atom stereocenters. The van der Waals surface area contributed by atoms with Gasteiger partial charge in [0.05, 0.1) is 25.9 Å². The van der Waals surface area contributed by atoms with Gasteiger partial charge in [0.25, 0.3) is 5.91 Å². The molecule has 140 valence electrons. The Kier molecular flexibility index (Phi) is 7.20. The number of amides is 1. The SMILES string of the molecule is CC(C)(OCC1CN(I)CC(N)O1)C(=O)N1CC(N)OC(CO)C1. The zero-order valence-corrected chi connectivity index (χ0v) is 16.2. The van der Waals surface area contributed by atoms with Crippen LogP contribution in [0.1, 0.15) is 13.8 Å². The summed E-state index contributed by atoms with van der Waals surface area (Å²) in [4.78, 5) is 14.3. The number of rotatable bonds is 5. The Morgan fingerprint density at radius 3 is 2.46 bits per heavy atom. The summed E-state index contributed by atoms with van der Waals surface area (Å²) in [5, 5.41) is 9.25. The van der Waals surface area contributed by atoms with Crippen molar-refractivity contribution in [2.24, 2.45) is 11.5 Å². The van der Waals surface area contributed by atoms with Crippen LogP contribution in [0.3, 0.4) is 0 Å². The van der Waals surface area contributed by atoms with E-state index in [0.29, 0.717) is 19.6 Å². The van der Waals surface area contributed by atoms with Gasteiger partial charge in [-0.25, -0.2) is 3.11 Å². The van der Waals surface area contributed by atoms with Crippen molar-refractivity contribution in [1.29, 1.82) is 0 Å². The summed E-state index contributed by atoms with van der Waals surface area (Å²) < 4.78 is 18.9. The molecule has 0 aliphatic carbocycles. The second-order valence-electron chi connectivity index (χ2n) is 6.63. The number of nitrogens with zero attached hydrogens (tertiary/aromatic N) is 2. The van der Waals surface area contributed by atoms with Gasteiger partial charge in [0.2, 0.25) is 0 Å². The van der Waals surface area contributed by atoms with E-state index in [1.807, 2.05) is 3.11 Å². The lowest BCUT2D eigenvalue weighted by molar-refractivity contribution is -0.175. The fourth-order valence-electron chi connectivity index (χ4n) is 2.80. The zero-order chi connectivity index (χ0) is 17.9. The van der Waals surface area contributed by atoms with Gasteiger partial charge in [-0.3, -0.25) is 4.79 Å². The first-order valence-electron chi connectivity index (χ1n) is 7.98. The highest BCUT2D eigenvalue weighted by atomic mass is 127. The first kappa shape index (κ1) is 20.2. The number of hydrogen-bond donors (Lipinski definition) is 3. The summed E-state index contributed by atoms with van der Waals surface area (Å²) in [6, 6.07) is 0. The number of morpholine rings is 2. The smallest absolute Gasteiger partial charge is 0.254 e. The average Bonchev–Trinajstić information content (AvgIpc) is 2.50. The summed E-state index contributed by atoms with van der Waals surface area (Å²) >= 11 is 2.20. The molecule has 10 heteroatoms. The van der Waals surface area contributed by atoms with Crippen molar-refractivity contribution in [2.45, 2.75) is 44.1 Å². The van der Waals surface area contributed by atoms with Crippen LogP contribution in [0.4, 0.5) is 0 Å². The zero-order valence-electron chi connectivity index (χ0n) is 14.1. The average molecular weight is 458 g/mol. The Morgan fingerprint density at radius 1 is 1.21 bits per heavy atom. The third-order valence-electron chi connectivity index (χ3n) is 3.97. The maximum absolute atomic E-state index is 12.8. The molecule has 0 aromatic carbocycles. The predicted molar refractivity (Wildman–Crippen MR) is 95.0 cm³/mol. The topological polar surface area (TPSA) is 124 Å². The number of halogens is 1. The Labute approximate surface area is 156 Å². The maximum Gasteiger partial charge on any atom is 0.254 e. The van der Waals surface area contributed by atoms with Gasteiger partial charge in [0.15, 0.2) is 0 Å². The molecule has 2 aliphatic rings. The van der Waals surface area contributed by atoms with Crippen LogP contribution in [0.25, 0.3) is 0 Å². The molecule has 0 aromatic rings. The number of ether oxygens (including phenoxy) is 3. The molecule has 0 saturated carbocycles. The second-order valence-corrected chi connectivity index (χ2v) is 8.00. The number of aliphatic hydroxyl groups is 1. The minimum absolute atomic E-state index is 0.182. The lowest BCUT2D eigenvalue weighted by atomic mass is 10.1. The van der Waals surface area contributed by atoms with E-state index in [9.17, 15) is 9.90 Å². The molecule has 0 spiro atoms. The summed E-state index contributed by atoms with van der Waals surface area (Å²) in [5.41, 5.74) is 10.6. The van der Waals surface area contributed by atoms with Crippen molar-refractivity contribution in [3.63, 3.8) is 0 Å². The molecule has 9 nitrogen and oxygen atoms in total. The van der Waals surface area contributed by atoms with Crippen LogP contribution in [-0.4, -0.2) is 88.7 Å². The molecule has 1 amide bonds. The van der Waals surface area contributed by atoms with E-state index >= 15 is 0 Å². The number of carbonyl (C=O) groups is 1. The summed E-state index contributed by atoms with van der Waals surface area (Å²) in [6.45, 7) is 5.44. The minimum Gasteiger partial charge on any atom is -0.394 e. The van der Waals surface area contributed by atoms with E-state index in [2.05, 4.69) is 22.9 Å². The van der Waals surface area contributed by atoms with Crippen molar-refractivity contribution in [2.75, 3.05) is 39.4 Å². The molecule has 2 fully saturated rings. The van der Waals surface area contributed by atoms with E-state index in [1.165, 1.54) is 0 Å². The molecule has 5 N–H and O–H groups in total. The molecule has 0 bridgehead atoms. The molecular formula is C14H27IN4O5. The molecule has 0 aromatic heterocycles. The monoisotopic (exact) mass is 458 g/mol. The van der Waals surface area contributed by atoms with Crippen molar-refractivity contribution >= 4 is 28.8 Å². The molecule has 24 heavy (non-hydrogen) atoms. The highest BCUT2D eigenvalue weighted by molar-refractivity contribution is 14.1. The third-order valence-corrected chi connectivity index (χ3v) is 4.76. The van der Waals surface area contributed by atoms with E-state index in [1.54, 1.807) is 18.7 Å². The normalized spacial score (nSPS) is 32.8. The highest BCUT2D eigenvalue weighted by Gasteiger charge is 2.38. The van der Waals surface area contributed by atoms with Crippen molar-refractivity contribution in [3.05, 3.63) is 0 Å². The largest absolute Gasteiger partial charge is 0.394 e. The van der Waals surface area contributed by atoms with Gasteiger partial charge in [0, 0.05) is 42.5 Å². The van der Waals surface area contributed by atoms with Gasteiger partial charge in [-0.1, -0.05) is 0 Å². The fraction of sp³-hybridized carbons (Fsp3) is 0.929. The number of nitrogens with two attached hydrogens (primary N) is 2. The van der Waals surface area contributed by atoms with Gasteiger partial charge in [-0.05, 0) is 13.8 Å². The van der Waals surface area contributed by atoms with Gasteiger partial charge in [0.1, 0.15) is 24.2 Å². The number of hydrogen-bond acceptors (Lipinski definition) is 8. The Hall–Kier alpha value is -0.0800. The molecule has 4 unspecified atom stereocenters. The molecule has 2 heterocycles. The van der Waals surface area contributed by atoms with Crippen LogP contribution in [0, 0.1) is 0 Å². The van der Waals surface area contributed by atoms with Crippen LogP contribution >= 0.6 is 22.9 Å². The first-order chi connectivity index (χ1) is 11.2. The van der Waals surface area contributed by atoms with E-state index in [0.717, 1.165) is 0 Å². The van der Waals surface area contributed by atoms with Gasteiger partial charge in [-0.2, -0.15) is 0 Å². The fourth-order valence-corrected chi connectivity index (χ4v) is 3.62. The van der Waals surface area contributed by atoms with Crippen LogP contribution in [-0.2, 0) is 19.0 Å². The Bertz CT molecular complexity index is 431. The van der Waals surface area contributed by atoms with Gasteiger partial charge in [-0.15, -0.1) is 0 Å². The van der Waals surface area contributed by atoms with Crippen molar-refractivity contribution in [1.82, 2.24) is 8.01 Å². The van der Waals surface area contributed by atoms with Gasteiger partial charge >= 0.3 is 0 Å². The van der Waals surface area contributed by atoms with E-state index in [4.69, 9.17) is 25.7 Å². The maximum atomic E-state index is 12.8. The lowest BCUT2D eigenvalue weighted by Gasteiger charge is -2.40. The van der Waals surface area contributed by atoms with Crippen LogP contribution in [0.5, 0.6) is 0 Å². The second kappa shape index (κ2) is 8.54. The van der Waals surface area contributed by atoms with E-state index < -0.39 is 17.9 Å². The number of carbonyl (C=O) groups excluding carboxylic acids is 1. The summed E-state index contributed by atoms with van der Waals surface area (Å²) in [7, 11) is 0. The molecular weight excluding hydrogens is 431 g/mol. The lowest BCUT2D eigenvalue weighted by Crippen LogP contribution is -2.59. The van der Waals surface area contributed by atoms with Crippen LogP contribution < -0.4 is 11.5 Å². The quantitative estimate of drug-likeness (QED) is 0.341. The summed E-state index contributed by atoms with van der Waals surface area (Å²) in [5.74, 6) is -0.189. The molecule has 2 aliphatic heterocycles. The van der Waals surface area contributed by atoms with Crippen molar-refractivity contribution < 1.29 is 24.1 Å². The molecule has 2 rings (SSSR count). The van der Waals surface area contributed by atoms with Gasteiger partial charge < -0.3 is 35.7 Å². The first-order valence-corrected chi connectivity index (χ1v) is 8.94. The predicted octanol–water partition coefficient (Wildman–Crippen LogP) is -1.38. The summed E-state index contributed by atoms with van der Waals surface area (Å²) in [6.07, 6.45) is -1.62. The molecule has 0 radical (unpaired) electrons. The number of aliphatic hydroxyl groups excluding tert-OH is 1. The van der Waals surface area contributed by atoms with Crippen LogP contribution in [0.15, 0.2) is 0 Å². The minimum atomic E-state index is -1.03. The Balaban J connectivity index is 1.90. The van der Waals surface area contributed by atoms with E-state index in [-0.39, 0.29) is 38.0 Å². The van der Waals surface area contributed by atoms with Crippen LogP contribution in [0.2, 0.25) is 0 Å².